The largest absolute Gasteiger partial charge is 0.316 e. The molecule has 2 aromatic carbocycles. The second-order valence-corrected chi connectivity index (χ2v) is 6.70. The maximum absolute atomic E-state index is 6.38. The highest BCUT2D eigenvalue weighted by Gasteiger charge is 2.12. The Kier molecular flexibility index (Phi) is 4.35. The fourth-order valence-corrected chi connectivity index (χ4v) is 3.88. The molecule has 3 heteroatoms. The molecule has 2 aromatic rings. The van der Waals surface area contributed by atoms with Gasteiger partial charge in [-0.3, -0.25) is 0 Å². The molecule has 0 heterocycles. The van der Waals surface area contributed by atoms with Crippen LogP contribution in [0.1, 0.15) is 23.1 Å². The first kappa shape index (κ1) is 14.0. The number of nitrogens with one attached hydrogen (secondary N) is 1. The van der Waals surface area contributed by atoms with E-state index in [4.69, 9.17) is 11.6 Å². The van der Waals surface area contributed by atoms with Crippen LogP contribution in [-0.4, -0.2) is 7.05 Å². The van der Waals surface area contributed by atoms with Gasteiger partial charge in [-0.05, 0) is 67.3 Å². The zero-order chi connectivity index (χ0) is 13.9. The summed E-state index contributed by atoms with van der Waals surface area (Å²) in [5.41, 5.74) is 4.25. The summed E-state index contributed by atoms with van der Waals surface area (Å²) in [5.74, 6) is 0. The number of fused-ring (bicyclic) bond motifs is 1. The standard InChI is InChI=1S/C17H18ClNS/c1-19-11-12-5-8-17(16(18)9-12)20-15-7-6-13-3-2-4-14(13)10-15/h5-10,19H,2-4,11H2,1H3. The predicted molar refractivity (Wildman–Crippen MR) is 86.8 cm³/mol. The van der Waals surface area contributed by atoms with Crippen molar-refractivity contribution in [2.75, 3.05) is 7.05 Å². The summed E-state index contributed by atoms with van der Waals surface area (Å²) >= 11 is 8.14. The molecule has 0 saturated heterocycles. The van der Waals surface area contributed by atoms with E-state index in [9.17, 15) is 0 Å². The van der Waals surface area contributed by atoms with Crippen LogP contribution >= 0.6 is 23.4 Å². The Balaban J connectivity index is 1.80. The summed E-state index contributed by atoms with van der Waals surface area (Å²) in [7, 11) is 1.95. The van der Waals surface area contributed by atoms with Crippen molar-refractivity contribution in [3.63, 3.8) is 0 Å². The first-order valence-corrected chi connectivity index (χ1v) is 8.18. The molecule has 1 aliphatic rings. The monoisotopic (exact) mass is 303 g/mol. The fraction of sp³-hybridized carbons (Fsp3) is 0.294. The second kappa shape index (κ2) is 6.21. The van der Waals surface area contributed by atoms with Crippen LogP contribution in [0.5, 0.6) is 0 Å². The van der Waals surface area contributed by atoms with Gasteiger partial charge in [0.1, 0.15) is 0 Å². The van der Waals surface area contributed by atoms with Gasteiger partial charge in [0.2, 0.25) is 0 Å². The van der Waals surface area contributed by atoms with Gasteiger partial charge in [0, 0.05) is 16.3 Å². The SMILES string of the molecule is CNCc1ccc(Sc2ccc3c(c2)CCC3)c(Cl)c1. The minimum Gasteiger partial charge on any atom is -0.316 e. The van der Waals surface area contributed by atoms with Crippen molar-refractivity contribution >= 4 is 23.4 Å². The number of halogens is 1. The van der Waals surface area contributed by atoms with E-state index in [1.54, 1.807) is 11.8 Å². The second-order valence-electron chi connectivity index (χ2n) is 5.18. The van der Waals surface area contributed by atoms with Gasteiger partial charge in [-0.25, -0.2) is 0 Å². The number of hydrogen-bond donors (Lipinski definition) is 1. The lowest BCUT2D eigenvalue weighted by molar-refractivity contribution is 0.817. The van der Waals surface area contributed by atoms with Crippen molar-refractivity contribution in [3.8, 4) is 0 Å². The third-order valence-corrected chi connectivity index (χ3v) is 5.17. The van der Waals surface area contributed by atoms with Crippen molar-refractivity contribution < 1.29 is 0 Å². The molecule has 1 nitrogen and oxygen atoms in total. The average Bonchev–Trinajstić information content (AvgIpc) is 2.90. The molecule has 20 heavy (non-hydrogen) atoms. The Morgan fingerprint density at radius 1 is 1.10 bits per heavy atom. The van der Waals surface area contributed by atoms with Crippen LogP contribution in [0, 0.1) is 0 Å². The van der Waals surface area contributed by atoms with Gasteiger partial charge in [-0.1, -0.05) is 35.5 Å². The minimum absolute atomic E-state index is 0.836. The third-order valence-electron chi connectivity index (χ3n) is 3.67. The van der Waals surface area contributed by atoms with Gasteiger partial charge in [-0.15, -0.1) is 0 Å². The van der Waals surface area contributed by atoms with Crippen LogP contribution in [0.15, 0.2) is 46.2 Å². The number of benzene rings is 2. The fourth-order valence-electron chi connectivity index (χ4n) is 2.68. The van der Waals surface area contributed by atoms with Gasteiger partial charge >= 0.3 is 0 Å². The molecule has 0 unspecified atom stereocenters. The maximum atomic E-state index is 6.38. The summed E-state index contributed by atoms with van der Waals surface area (Å²) < 4.78 is 0. The molecule has 0 amide bonds. The molecule has 1 N–H and O–H groups in total. The first-order chi connectivity index (χ1) is 9.76. The Morgan fingerprint density at radius 3 is 2.75 bits per heavy atom. The van der Waals surface area contributed by atoms with E-state index in [0.717, 1.165) is 16.5 Å². The zero-order valence-corrected chi connectivity index (χ0v) is 13.2. The molecule has 0 saturated carbocycles. The molecule has 0 fully saturated rings. The van der Waals surface area contributed by atoms with Crippen LogP contribution in [0.25, 0.3) is 0 Å². The molecule has 0 spiro atoms. The Hall–Kier alpha value is -0.960. The van der Waals surface area contributed by atoms with E-state index < -0.39 is 0 Å². The maximum Gasteiger partial charge on any atom is 0.0548 e. The summed E-state index contributed by atoms with van der Waals surface area (Å²) in [5, 5.41) is 3.98. The Bertz CT molecular complexity index is 624. The highest BCUT2D eigenvalue weighted by molar-refractivity contribution is 7.99. The summed E-state index contributed by atoms with van der Waals surface area (Å²) in [4.78, 5) is 2.42. The summed E-state index contributed by atoms with van der Waals surface area (Å²) in [6.07, 6.45) is 3.75. The van der Waals surface area contributed by atoms with Crippen molar-refractivity contribution in [1.82, 2.24) is 5.32 Å². The molecule has 0 atom stereocenters. The van der Waals surface area contributed by atoms with E-state index in [1.807, 2.05) is 13.1 Å². The molecular weight excluding hydrogens is 286 g/mol. The number of hydrogen-bond acceptors (Lipinski definition) is 2. The van der Waals surface area contributed by atoms with E-state index in [-0.39, 0.29) is 0 Å². The van der Waals surface area contributed by atoms with Gasteiger partial charge in [0.15, 0.2) is 0 Å². The average molecular weight is 304 g/mol. The molecule has 104 valence electrons. The summed E-state index contributed by atoms with van der Waals surface area (Å²) in [6.45, 7) is 0.851. The zero-order valence-electron chi connectivity index (χ0n) is 11.6. The third kappa shape index (κ3) is 3.03. The summed E-state index contributed by atoms with van der Waals surface area (Å²) in [6, 6.07) is 13.1. The Morgan fingerprint density at radius 2 is 1.95 bits per heavy atom. The number of aryl methyl sites for hydroxylation is 2. The lowest BCUT2D eigenvalue weighted by atomic mass is 10.1. The van der Waals surface area contributed by atoms with Crippen molar-refractivity contribution in [2.24, 2.45) is 0 Å². The number of rotatable bonds is 4. The van der Waals surface area contributed by atoms with Crippen LogP contribution < -0.4 is 5.32 Å². The smallest absolute Gasteiger partial charge is 0.0548 e. The molecular formula is C17H18ClNS. The van der Waals surface area contributed by atoms with E-state index >= 15 is 0 Å². The van der Waals surface area contributed by atoms with Crippen molar-refractivity contribution in [2.45, 2.75) is 35.6 Å². The van der Waals surface area contributed by atoms with Gasteiger partial charge in [0.05, 0.1) is 5.02 Å². The van der Waals surface area contributed by atoms with Crippen LogP contribution in [0.2, 0.25) is 5.02 Å². The van der Waals surface area contributed by atoms with Crippen molar-refractivity contribution in [1.29, 1.82) is 0 Å². The van der Waals surface area contributed by atoms with E-state index in [0.29, 0.717) is 0 Å². The highest BCUT2D eigenvalue weighted by atomic mass is 35.5. The lowest BCUT2D eigenvalue weighted by Crippen LogP contribution is -2.04. The Labute approximate surface area is 129 Å². The molecule has 0 aliphatic heterocycles. The minimum atomic E-state index is 0.836. The normalized spacial score (nSPS) is 13.5. The molecule has 0 aromatic heterocycles. The van der Waals surface area contributed by atoms with Crippen LogP contribution in [0.3, 0.4) is 0 Å². The van der Waals surface area contributed by atoms with E-state index in [1.165, 1.54) is 40.8 Å². The topological polar surface area (TPSA) is 12.0 Å². The molecule has 0 bridgehead atoms. The van der Waals surface area contributed by atoms with Gasteiger partial charge in [-0.2, -0.15) is 0 Å². The molecule has 1 aliphatic carbocycles. The molecule has 3 rings (SSSR count). The predicted octanol–water partition coefficient (Wildman–Crippen LogP) is 4.70. The van der Waals surface area contributed by atoms with Crippen LogP contribution in [0.4, 0.5) is 0 Å². The van der Waals surface area contributed by atoms with Gasteiger partial charge < -0.3 is 5.32 Å². The highest BCUT2D eigenvalue weighted by Crippen LogP contribution is 2.36. The lowest BCUT2D eigenvalue weighted by Gasteiger charge is -2.08. The first-order valence-electron chi connectivity index (χ1n) is 6.99. The van der Waals surface area contributed by atoms with Crippen molar-refractivity contribution in [3.05, 3.63) is 58.1 Å². The van der Waals surface area contributed by atoms with E-state index in [2.05, 4.69) is 35.6 Å². The molecule has 0 radical (unpaired) electrons. The van der Waals surface area contributed by atoms with Gasteiger partial charge in [0.25, 0.3) is 0 Å². The van der Waals surface area contributed by atoms with Crippen LogP contribution in [-0.2, 0) is 19.4 Å². The quantitative estimate of drug-likeness (QED) is 0.878.